The quantitative estimate of drug-likeness (QED) is 0.187. The maximum Gasteiger partial charge on any atom is 0.340 e. The Morgan fingerprint density at radius 2 is 1.93 bits per heavy atom. The molecule has 2 aromatic heterocycles. The third-order valence-corrected chi connectivity index (χ3v) is 11.2. The van der Waals surface area contributed by atoms with E-state index in [1.165, 1.54) is 17.0 Å². The van der Waals surface area contributed by atoms with E-state index in [2.05, 4.69) is 15.0 Å². The first-order valence-electron chi connectivity index (χ1n) is 12.2. The zero-order valence-electron chi connectivity index (χ0n) is 20.6. The molecule has 18 heteroatoms. The summed E-state index contributed by atoms with van der Waals surface area (Å²) in [4.78, 5) is 42.6. The van der Waals surface area contributed by atoms with Crippen LogP contribution in [0.15, 0.2) is 24.5 Å². The van der Waals surface area contributed by atoms with Gasteiger partial charge in [0.05, 0.1) is 12.9 Å². The van der Waals surface area contributed by atoms with Crippen molar-refractivity contribution in [3.05, 3.63) is 46.8 Å². The van der Waals surface area contributed by atoms with Crippen LogP contribution in [0.2, 0.25) is 5.28 Å². The van der Waals surface area contributed by atoms with Gasteiger partial charge in [0.1, 0.15) is 24.1 Å². The fourth-order valence-corrected chi connectivity index (χ4v) is 8.53. The maximum absolute atomic E-state index is 13.7. The number of nitrogens with zero attached hydrogens (tertiary/aromatic N) is 5. The number of halogens is 2. The SMILES string of the molecule is O=P(O)(O)CP(=O)(O)OC[C@H]1O[C@@H](n2cnc3c(N4CC5(CCc6cc(F)ccc65)C4)nc(Cl)nc32)[C@@H](O)C1O. The topological polar surface area (TPSA) is 201 Å². The highest BCUT2D eigenvalue weighted by Crippen LogP contribution is 2.55. The van der Waals surface area contributed by atoms with Crippen LogP contribution in [0, 0.1) is 5.82 Å². The van der Waals surface area contributed by atoms with Crippen LogP contribution < -0.4 is 4.90 Å². The number of hydrogen-bond donors (Lipinski definition) is 5. The number of aliphatic hydroxyl groups excluding tert-OH is 2. The molecule has 5 N–H and O–H groups in total. The fraction of sp³-hybridized carbons (Fsp3) is 0.500. The Labute approximate surface area is 231 Å². The van der Waals surface area contributed by atoms with Crippen molar-refractivity contribution in [3.8, 4) is 0 Å². The molecule has 6 rings (SSSR count). The molecular formula is C22H25ClFN5O9P2. The first kappa shape index (κ1) is 28.1. The summed E-state index contributed by atoms with van der Waals surface area (Å²) in [5, 5.41) is 21.1. The molecule has 14 nitrogen and oxygen atoms in total. The van der Waals surface area contributed by atoms with E-state index in [-0.39, 0.29) is 22.2 Å². The van der Waals surface area contributed by atoms with Gasteiger partial charge in [-0.3, -0.25) is 13.7 Å². The lowest BCUT2D eigenvalue weighted by Gasteiger charge is -2.49. The molecule has 2 fully saturated rings. The number of benzene rings is 1. The van der Waals surface area contributed by atoms with Crippen molar-refractivity contribution < 1.29 is 47.7 Å². The van der Waals surface area contributed by atoms with Crippen molar-refractivity contribution >= 4 is 43.8 Å². The fourth-order valence-electron chi connectivity index (χ4n) is 5.80. The molecule has 1 aliphatic carbocycles. The predicted molar refractivity (Wildman–Crippen MR) is 138 cm³/mol. The second-order valence-electron chi connectivity index (χ2n) is 10.4. The Morgan fingerprint density at radius 1 is 1.18 bits per heavy atom. The van der Waals surface area contributed by atoms with Crippen LogP contribution in [0.3, 0.4) is 0 Å². The average molecular weight is 620 g/mol. The number of anilines is 1. The summed E-state index contributed by atoms with van der Waals surface area (Å²) < 4.78 is 48.5. The van der Waals surface area contributed by atoms with Crippen molar-refractivity contribution in [2.24, 2.45) is 0 Å². The first-order valence-corrected chi connectivity index (χ1v) is 16.2. The first-order chi connectivity index (χ1) is 18.8. The largest absolute Gasteiger partial charge is 0.387 e. The Kier molecular flexibility index (Phi) is 6.87. The number of imidazole rings is 1. The normalized spacial score (nSPS) is 27.2. The van der Waals surface area contributed by atoms with E-state index in [4.69, 9.17) is 30.6 Å². The number of fused-ring (bicyclic) bond motifs is 3. The van der Waals surface area contributed by atoms with E-state index < -0.39 is 52.2 Å². The zero-order valence-corrected chi connectivity index (χ0v) is 23.2. The number of rotatable bonds is 7. The van der Waals surface area contributed by atoms with Crippen LogP contribution in [0.5, 0.6) is 0 Å². The molecule has 3 aliphatic rings. The van der Waals surface area contributed by atoms with E-state index in [9.17, 15) is 28.6 Å². The third kappa shape index (κ3) is 4.98. The smallest absolute Gasteiger partial charge is 0.340 e. The molecule has 2 aliphatic heterocycles. The minimum Gasteiger partial charge on any atom is -0.387 e. The molecule has 40 heavy (non-hydrogen) atoms. The van der Waals surface area contributed by atoms with Crippen molar-refractivity contribution in [2.75, 3.05) is 30.5 Å². The standard InChI is InChI=1S/C22H25ClFN5O9P2/c23-21-26-18(28-7-22(8-28)4-3-11-5-12(24)1-2-13(11)22)15-19(27-21)29(9-25-15)20-17(31)16(30)14(38-20)6-37-40(35,36)10-39(32,33)34/h1-2,5,9,14,16-17,20,30-31H,3-4,6-8,10H2,(H,35,36)(H2,32,33,34)/t14-,16?,17+,20-/m1/s1. The lowest BCUT2D eigenvalue weighted by atomic mass is 9.75. The summed E-state index contributed by atoms with van der Waals surface area (Å²) in [6.45, 7) is 0.492. The van der Waals surface area contributed by atoms with Crippen molar-refractivity contribution in [2.45, 2.75) is 42.8 Å². The number of ether oxygens (including phenoxy) is 1. The van der Waals surface area contributed by atoms with Gasteiger partial charge in [-0.2, -0.15) is 9.97 Å². The van der Waals surface area contributed by atoms with Crippen molar-refractivity contribution in [3.63, 3.8) is 0 Å². The molecule has 0 saturated carbocycles. The van der Waals surface area contributed by atoms with Crippen molar-refractivity contribution in [1.29, 1.82) is 0 Å². The predicted octanol–water partition coefficient (Wildman–Crippen LogP) is 1.28. The summed E-state index contributed by atoms with van der Waals surface area (Å²) in [7, 11) is -9.55. The van der Waals surface area contributed by atoms with E-state index in [1.807, 2.05) is 11.0 Å². The van der Waals surface area contributed by atoms with Gasteiger partial charge in [0.2, 0.25) is 5.28 Å². The zero-order chi connectivity index (χ0) is 28.6. The Balaban J connectivity index is 1.22. The van der Waals surface area contributed by atoms with Crippen LogP contribution in [-0.2, 0) is 30.2 Å². The van der Waals surface area contributed by atoms with Gasteiger partial charge in [0, 0.05) is 18.5 Å². The highest BCUT2D eigenvalue weighted by molar-refractivity contribution is 7.70. The monoisotopic (exact) mass is 619 g/mol. The summed E-state index contributed by atoms with van der Waals surface area (Å²) >= 11 is 6.25. The minimum absolute atomic E-state index is 0.0920. The molecule has 1 aromatic carbocycles. The number of aliphatic hydroxyl groups is 2. The number of aromatic nitrogens is 4. The molecular weight excluding hydrogens is 595 g/mol. The molecule has 2 unspecified atom stereocenters. The molecule has 2 saturated heterocycles. The molecule has 0 radical (unpaired) electrons. The van der Waals surface area contributed by atoms with Crippen LogP contribution in [0.4, 0.5) is 10.2 Å². The molecule has 1 spiro atoms. The molecule has 4 heterocycles. The van der Waals surface area contributed by atoms with Gasteiger partial charge in [-0.05, 0) is 47.7 Å². The Morgan fingerprint density at radius 3 is 2.65 bits per heavy atom. The van der Waals surface area contributed by atoms with Gasteiger partial charge < -0.3 is 39.1 Å². The lowest BCUT2D eigenvalue weighted by Crippen LogP contribution is -2.58. The van der Waals surface area contributed by atoms with Crippen LogP contribution >= 0.6 is 26.8 Å². The molecule has 3 aromatic rings. The third-order valence-electron chi connectivity index (χ3n) is 7.59. The minimum atomic E-state index is -4.85. The van der Waals surface area contributed by atoms with Crippen LogP contribution in [-0.4, -0.2) is 88.3 Å². The summed E-state index contributed by atoms with van der Waals surface area (Å²) in [6, 6.07) is 4.87. The van der Waals surface area contributed by atoms with E-state index >= 15 is 0 Å². The van der Waals surface area contributed by atoms with Crippen LogP contribution in [0.25, 0.3) is 11.2 Å². The lowest BCUT2D eigenvalue weighted by molar-refractivity contribution is -0.0483. The van der Waals surface area contributed by atoms with Gasteiger partial charge in [-0.15, -0.1) is 0 Å². The van der Waals surface area contributed by atoms with Crippen LogP contribution in [0.1, 0.15) is 23.8 Å². The Hall–Kier alpha value is -2.03. The second-order valence-corrected chi connectivity index (χ2v) is 14.7. The van der Waals surface area contributed by atoms with Gasteiger partial charge in [-0.1, -0.05) is 6.07 Å². The van der Waals surface area contributed by atoms with E-state index in [0.717, 1.165) is 24.0 Å². The van der Waals surface area contributed by atoms with Gasteiger partial charge >= 0.3 is 15.2 Å². The number of aryl methyl sites for hydroxylation is 1. The Bertz CT molecular complexity index is 1580. The molecule has 0 amide bonds. The molecule has 5 atom stereocenters. The summed E-state index contributed by atoms with van der Waals surface area (Å²) in [5.74, 6) is -1.20. The highest BCUT2D eigenvalue weighted by atomic mass is 35.5. The molecule has 216 valence electrons. The van der Waals surface area contributed by atoms with Gasteiger partial charge in [0.25, 0.3) is 0 Å². The summed E-state index contributed by atoms with van der Waals surface area (Å²) in [5.41, 5.74) is 2.55. The molecule has 0 bridgehead atoms. The maximum atomic E-state index is 13.7. The number of hydrogen-bond acceptors (Lipinski definition) is 10. The van der Waals surface area contributed by atoms with Crippen molar-refractivity contribution in [1.82, 2.24) is 19.5 Å². The van der Waals surface area contributed by atoms with E-state index in [0.29, 0.717) is 24.4 Å². The second kappa shape index (κ2) is 9.77. The van der Waals surface area contributed by atoms with Gasteiger partial charge in [0.15, 0.2) is 29.1 Å². The van der Waals surface area contributed by atoms with Gasteiger partial charge in [-0.25, -0.2) is 9.37 Å². The highest BCUT2D eigenvalue weighted by Gasteiger charge is 2.50. The summed E-state index contributed by atoms with van der Waals surface area (Å²) in [6.07, 6.45) is -2.68. The van der Waals surface area contributed by atoms with E-state index in [1.54, 1.807) is 6.07 Å². The average Bonchev–Trinajstić information content (AvgIpc) is 3.49.